The molecule has 2 aromatic carbocycles. The van der Waals surface area contributed by atoms with Crippen LogP contribution in [-0.4, -0.2) is 31.6 Å². The largest absolute Gasteiger partial charge is 0.494 e. The van der Waals surface area contributed by atoms with Crippen molar-refractivity contribution in [3.63, 3.8) is 0 Å². The minimum absolute atomic E-state index is 0.0159. The van der Waals surface area contributed by atoms with E-state index in [4.69, 9.17) is 17.0 Å². The average Bonchev–Trinajstić information content (AvgIpc) is 3.39. The number of hydrogen-bond acceptors (Lipinski definition) is 5. The van der Waals surface area contributed by atoms with Gasteiger partial charge in [-0.1, -0.05) is 36.4 Å². The minimum atomic E-state index is -0.419. The number of nitro benzene ring substituents is 1. The Balaban J connectivity index is 1.63. The van der Waals surface area contributed by atoms with Gasteiger partial charge in [-0.3, -0.25) is 15.1 Å². The fourth-order valence-electron chi connectivity index (χ4n) is 5.12. The van der Waals surface area contributed by atoms with Crippen LogP contribution in [0.1, 0.15) is 40.3 Å². The zero-order valence-corrected chi connectivity index (χ0v) is 21.6. The number of benzene rings is 2. The molecule has 0 radical (unpaired) electrons. The molecule has 2 aromatic heterocycles. The lowest BCUT2D eigenvalue weighted by Gasteiger charge is -2.28. The van der Waals surface area contributed by atoms with Gasteiger partial charge in [-0.25, -0.2) is 0 Å². The number of ether oxygens (including phenoxy) is 1. The first-order valence-electron chi connectivity index (χ1n) is 11.9. The normalized spacial score (nSPS) is 17.1. The molecular formula is C28H27N5O3S. The summed E-state index contributed by atoms with van der Waals surface area (Å²) in [6.45, 7) is 4.72. The topological polar surface area (TPSA) is 85.5 Å². The predicted octanol–water partition coefficient (Wildman–Crippen LogP) is 5.58. The van der Waals surface area contributed by atoms with Crippen LogP contribution >= 0.6 is 12.2 Å². The third kappa shape index (κ3) is 4.53. The lowest BCUT2D eigenvalue weighted by atomic mass is 9.96. The Hall–Kier alpha value is -4.24. The Kier molecular flexibility index (Phi) is 6.62. The van der Waals surface area contributed by atoms with E-state index < -0.39 is 4.92 Å². The second-order valence-corrected chi connectivity index (χ2v) is 9.40. The molecular weight excluding hydrogens is 486 g/mol. The highest BCUT2D eigenvalue weighted by Crippen LogP contribution is 2.43. The zero-order valence-electron chi connectivity index (χ0n) is 20.8. The van der Waals surface area contributed by atoms with E-state index in [0.717, 1.165) is 33.9 Å². The van der Waals surface area contributed by atoms with Gasteiger partial charge in [-0.05, 0) is 61.5 Å². The van der Waals surface area contributed by atoms with Crippen LogP contribution in [0.4, 0.5) is 5.69 Å². The van der Waals surface area contributed by atoms with Gasteiger partial charge in [0.05, 0.1) is 41.6 Å². The quantitative estimate of drug-likeness (QED) is 0.196. The number of nitrogens with zero attached hydrogens (tertiary/aromatic N) is 4. The summed E-state index contributed by atoms with van der Waals surface area (Å²) < 4.78 is 7.64. The van der Waals surface area contributed by atoms with Gasteiger partial charge in [-0.15, -0.1) is 0 Å². The molecule has 8 nitrogen and oxygen atoms in total. The van der Waals surface area contributed by atoms with Gasteiger partial charge in [-0.2, -0.15) is 0 Å². The molecule has 4 aromatic rings. The van der Waals surface area contributed by atoms with Crippen molar-refractivity contribution in [2.24, 2.45) is 0 Å². The summed E-state index contributed by atoms with van der Waals surface area (Å²) in [7, 11) is 1.52. The van der Waals surface area contributed by atoms with Crippen molar-refractivity contribution in [1.29, 1.82) is 0 Å². The zero-order chi connectivity index (χ0) is 26.1. The first kappa shape index (κ1) is 24.5. The fourth-order valence-corrected chi connectivity index (χ4v) is 5.42. The van der Waals surface area contributed by atoms with Crippen molar-refractivity contribution >= 4 is 23.0 Å². The van der Waals surface area contributed by atoms with Gasteiger partial charge >= 0.3 is 0 Å². The van der Waals surface area contributed by atoms with Crippen LogP contribution in [0, 0.1) is 24.0 Å². The molecule has 37 heavy (non-hydrogen) atoms. The number of aryl methyl sites for hydroxylation is 1. The molecule has 1 N–H and O–H groups in total. The van der Waals surface area contributed by atoms with E-state index in [1.807, 2.05) is 43.3 Å². The van der Waals surface area contributed by atoms with E-state index in [1.54, 1.807) is 12.3 Å². The van der Waals surface area contributed by atoms with Crippen LogP contribution in [-0.2, 0) is 6.54 Å². The summed E-state index contributed by atoms with van der Waals surface area (Å²) in [5.74, 6) is 0.435. The van der Waals surface area contributed by atoms with Crippen LogP contribution in [0.25, 0.3) is 5.69 Å². The van der Waals surface area contributed by atoms with E-state index in [-0.39, 0.29) is 17.8 Å². The molecule has 0 aliphatic carbocycles. The molecule has 2 atom stereocenters. The lowest BCUT2D eigenvalue weighted by molar-refractivity contribution is -0.384. The maximum atomic E-state index is 11.3. The van der Waals surface area contributed by atoms with Gasteiger partial charge in [0.1, 0.15) is 5.75 Å². The van der Waals surface area contributed by atoms with Gasteiger partial charge in [0.15, 0.2) is 5.11 Å². The highest BCUT2D eigenvalue weighted by molar-refractivity contribution is 7.80. The maximum absolute atomic E-state index is 11.3. The van der Waals surface area contributed by atoms with Crippen molar-refractivity contribution in [3.8, 4) is 11.4 Å². The number of nitro groups is 1. The third-order valence-corrected chi connectivity index (χ3v) is 7.15. The molecule has 0 spiro atoms. The highest BCUT2D eigenvalue weighted by Gasteiger charge is 2.41. The van der Waals surface area contributed by atoms with Gasteiger partial charge in [0.25, 0.3) is 5.69 Å². The van der Waals surface area contributed by atoms with Crippen molar-refractivity contribution in [2.75, 3.05) is 7.11 Å². The summed E-state index contributed by atoms with van der Waals surface area (Å²) >= 11 is 5.84. The number of rotatable bonds is 7. The Labute approximate surface area is 220 Å². The molecule has 1 fully saturated rings. The molecule has 0 saturated carbocycles. The second-order valence-electron chi connectivity index (χ2n) is 9.02. The van der Waals surface area contributed by atoms with Gasteiger partial charge in [0, 0.05) is 30.2 Å². The van der Waals surface area contributed by atoms with Crippen LogP contribution in [0.2, 0.25) is 0 Å². The molecule has 5 rings (SSSR count). The Morgan fingerprint density at radius 1 is 1.08 bits per heavy atom. The van der Waals surface area contributed by atoms with Gasteiger partial charge in [0.2, 0.25) is 0 Å². The Morgan fingerprint density at radius 2 is 1.84 bits per heavy atom. The molecule has 9 heteroatoms. The van der Waals surface area contributed by atoms with Crippen molar-refractivity contribution in [2.45, 2.75) is 32.5 Å². The van der Waals surface area contributed by atoms with Crippen molar-refractivity contribution in [3.05, 3.63) is 117 Å². The number of pyridine rings is 1. The molecule has 188 valence electrons. The standard InChI is InChI=1S/C28H27N5O3S/c1-18-15-22(19(2)32(18)24-13-12-21(33(34)35)16-25(24)36-3)27-26(23-11-7-8-14-29-23)30-28(37)31(27)17-20-9-5-4-6-10-20/h4-16,26-27H,17H2,1-3H3,(H,30,37)/t26-,27-/m1/s1. The fraction of sp³-hybridized carbons (Fsp3) is 0.214. The monoisotopic (exact) mass is 513 g/mol. The van der Waals surface area contributed by atoms with Crippen LogP contribution in [0.3, 0.4) is 0 Å². The van der Waals surface area contributed by atoms with Crippen molar-refractivity contribution < 1.29 is 9.66 Å². The molecule has 1 aliphatic heterocycles. The first-order valence-corrected chi connectivity index (χ1v) is 12.3. The molecule has 1 saturated heterocycles. The second kappa shape index (κ2) is 10.0. The maximum Gasteiger partial charge on any atom is 0.273 e. The van der Waals surface area contributed by atoms with Crippen LogP contribution < -0.4 is 10.1 Å². The van der Waals surface area contributed by atoms with Gasteiger partial charge < -0.3 is 19.5 Å². The molecule has 1 aliphatic rings. The summed E-state index contributed by atoms with van der Waals surface area (Å²) in [5.41, 5.74) is 5.87. The number of aromatic nitrogens is 2. The lowest BCUT2D eigenvalue weighted by Crippen LogP contribution is -2.29. The predicted molar refractivity (Wildman–Crippen MR) is 146 cm³/mol. The van der Waals surface area contributed by atoms with Crippen LogP contribution in [0.5, 0.6) is 5.75 Å². The molecule has 0 amide bonds. The number of nitrogens with one attached hydrogen (secondary N) is 1. The SMILES string of the molecule is COc1cc([N+](=O)[O-])ccc1-n1c(C)cc([C@@H]2[C@@H](c3ccccn3)NC(=S)N2Cc2ccccc2)c1C. The highest BCUT2D eigenvalue weighted by atomic mass is 32.1. The number of non-ortho nitro benzene ring substituents is 1. The first-order chi connectivity index (χ1) is 17.9. The van der Waals surface area contributed by atoms with E-state index >= 15 is 0 Å². The third-order valence-electron chi connectivity index (χ3n) is 6.80. The summed E-state index contributed by atoms with van der Waals surface area (Å²) in [5, 5.41) is 15.5. The summed E-state index contributed by atoms with van der Waals surface area (Å²) in [4.78, 5) is 17.8. The smallest absolute Gasteiger partial charge is 0.273 e. The summed E-state index contributed by atoms with van der Waals surface area (Å²) in [6.07, 6.45) is 1.79. The van der Waals surface area contributed by atoms with Crippen LogP contribution in [0.15, 0.2) is 79.0 Å². The molecule has 0 bridgehead atoms. The minimum Gasteiger partial charge on any atom is -0.494 e. The van der Waals surface area contributed by atoms with E-state index in [2.05, 4.69) is 44.9 Å². The number of hydrogen-bond donors (Lipinski definition) is 1. The molecule has 3 heterocycles. The molecule has 0 unspecified atom stereocenters. The van der Waals surface area contributed by atoms with E-state index in [1.165, 1.54) is 19.2 Å². The van der Waals surface area contributed by atoms with E-state index in [0.29, 0.717) is 17.4 Å². The number of thiocarbonyl (C=S) groups is 1. The van der Waals surface area contributed by atoms with E-state index in [9.17, 15) is 10.1 Å². The Bertz CT molecular complexity index is 1460. The number of methoxy groups -OCH3 is 1. The summed E-state index contributed by atoms with van der Waals surface area (Å²) in [6, 6.07) is 22.7. The Morgan fingerprint density at radius 3 is 2.51 bits per heavy atom. The average molecular weight is 514 g/mol. The van der Waals surface area contributed by atoms with Crippen molar-refractivity contribution in [1.82, 2.24) is 19.8 Å².